The smallest absolute Gasteiger partial charge is 0.271 e. The van der Waals surface area contributed by atoms with Gasteiger partial charge in [0, 0.05) is 30.0 Å². The monoisotopic (exact) mass is 346 g/mol. The zero-order chi connectivity index (χ0) is 16.9. The number of aliphatic hydroxyl groups excluding tert-OH is 1. The number of hydrogen-bond donors (Lipinski definition) is 2. The van der Waals surface area contributed by atoms with E-state index in [1.165, 1.54) is 4.52 Å². The van der Waals surface area contributed by atoms with Gasteiger partial charge in [0.15, 0.2) is 11.3 Å². The van der Waals surface area contributed by atoms with E-state index in [0.29, 0.717) is 16.4 Å². The van der Waals surface area contributed by atoms with Crippen molar-refractivity contribution in [3.8, 4) is 5.75 Å². The summed E-state index contributed by atoms with van der Waals surface area (Å²) < 4.78 is 6.93. The molecule has 124 valence electrons. The first-order valence-electron chi connectivity index (χ1n) is 7.27. The second-order valence-corrected chi connectivity index (χ2v) is 5.52. The Bertz CT molecular complexity index is 802. The Hall–Kier alpha value is -2.64. The Kier molecular flexibility index (Phi) is 4.93. The molecule has 2 N–H and O–H groups in total. The van der Waals surface area contributed by atoms with Crippen molar-refractivity contribution in [2.24, 2.45) is 0 Å². The fraction of sp³-hybridized carbons (Fsp3) is 0.188. The lowest BCUT2D eigenvalue weighted by atomic mass is 10.3. The molecule has 0 saturated carbocycles. The normalized spacial score (nSPS) is 12.1. The molecule has 0 aliphatic heterocycles. The van der Waals surface area contributed by atoms with Crippen LogP contribution in [0.1, 0.15) is 10.5 Å². The first-order chi connectivity index (χ1) is 11.6. The van der Waals surface area contributed by atoms with E-state index in [0.717, 1.165) is 0 Å². The molecule has 3 rings (SSSR count). The van der Waals surface area contributed by atoms with Gasteiger partial charge in [-0.05, 0) is 30.3 Å². The van der Waals surface area contributed by atoms with E-state index in [1.807, 2.05) is 0 Å². The summed E-state index contributed by atoms with van der Waals surface area (Å²) in [5.74, 6) is 0.210. The van der Waals surface area contributed by atoms with Gasteiger partial charge in [0.1, 0.15) is 18.5 Å². The van der Waals surface area contributed by atoms with Crippen molar-refractivity contribution in [2.75, 3.05) is 13.2 Å². The second kappa shape index (κ2) is 7.29. The highest BCUT2D eigenvalue weighted by atomic mass is 35.5. The first-order valence-corrected chi connectivity index (χ1v) is 7.64. The molecule has 1 atom stereocenters. The van der Waals surface area contributed by atoms with Crippen LogP contribution in [-0.4, -0.2) is 44.9 Å². The molecule has 24 heavy (non-hydrogen) atoms. The molecule has 0 unspecified atom stereocenters. The summed E-state index contributed by atoms with van der Waals surface area (Å²) in [5.41, 5.74) is 0.814. The zero-order valence-electron chi connectivity index (χ0n) is 12.6. The number of fused-ring (bicyclic) bond motifs is 1. The van der Waals surface area contributed by atoms with Crippen LogP contribution in [0.4, 0.5) is 0 Å². The summed E-state index contributed by atoms with van der Waals surface area (Å²) in [4.78, 5) is 16.1. The number of carbonyl (C=O) groups excluding carboxylic acids is 1. The number of rotatable bonds is 6. The topological polar surface area (TPSA) is 88.8 Å². The number of ether oxygens (including phenoxy) is 1. The van der Waals surface area contributed by atoms with Crippen LogP contribution in [0.25, 0.3) is 5.65 Å². The third-order valence-electron chi connectivity index (χ3n) is 3.22. The number of nitrogens with zero attached hydrogens (tertiary/aromatic N) is 3. The number of amides is 1. The predicted molar refractivity (Wildman–Crippen MR) is 88.3 cm³/mol. The number of nitrogens with one attached hydrogen (secondary N) is 1. The van der Waals surface area contributed by atoms with Crippen molar-refractivity contribution < 1.29 is 14.6 Å². The molecule has 0 radical (unpaired) electrons. The van der Waals surface area contributed by atoms with Crippen LogP contribution in [-0.2, 0) is 0 Å². The minimum atomic E-state index is -0.847. The molecular weight excluding hydrogens is 332 g/mol. The van der Waals surface area contributed by atoms with Crippen LogP contribution in [0.15, 0.2) is 48.8 Å². The van der Waals surface area contributed by atoms with Gasteiger partial charge in [-0.2, -0.15) is 5.10 Å². The molecule has 1 amide bonds. The minimum absolute atomic E-state index is 0.0493. The van der Waals surface area contributed by atoms with Crippen LogP contribution in [0.5, 0.6) is 5.75 Å². The maximum absolute atomic E-state index is 12.0. The number of benzene rings is 1. The van der Waals surface area contributed by atoms with E-state index in [1.54, 1.807) is 48.8 Å². The molecular formula is C16H15ClN4O3. The fourth-order valence-electron chi connectivity index (χ4n) is 2.02. The average Bonchev–Trinajstić information content (AvgIpc) is 3.03. The lowest BCUT2D eigenvalue weighted by Gasteiger charge is -2.12. The van der Waals surface area contributed by atoms with Crippen molar-refractivity contribution in [2.45, 2.75) is 6.10 Å². The molecule has 0 bridgehead atoms. The second-order valence-electron chi connectivity index (χ2n) is 5.08. The Balaban J connectivity index is 1.49. The maximum Gasteiger partial charge on any atom is 0.271 e. The number of halogens is 1. The lowest BCUT2D eigenvalue weighted by molar-refractivity contribution is 0.0839. The fourth-order valence-corrected chi connectivity index (χ4v) is 2.15. The third-order valence-corrected chi connectivity index (χ3v) is 3.48. The van der Waals surface area contributed by atoms with Crippen molar-refractivity contribution in [3.05, 3.63) is 59.5 Å². The van der Waals surface area contributed by atoms with Gasteiger partial charge in [0.25, 0.3) is 5.91 Å². The van der Waals surface area contributed by atoms with E-state index in [4.69, 9.17) is 16.3 Å². The van der Waals surface area contributed by atoms with Crippen molar-refractivity contribution >= 4 is 23.2 Å². The molecule has 0 fully saturated rings. The van der Waals surface area contributed by atoms with Gasteiger partial charge >= 0.3 is 0 Å². The van der Waals surface area contributed by atoms with Gasteiger partial charge in [-0.3, -0.25) is 4.79 Å². The number of hydrogen-bond acceptors (Lipinski definition) is 5. The van der Waals surface area contributed by atoms with Crippen molar-refractivity contribution in [1.29, 1.82) is 0 Å². The summed E-state index contributed by atoms with van der Waals surface area (Å²) >= 11 is 5.78. The number of aromatic nitrogens is 3. The zero-order valence-corrected chi connectivity index (χ0v) is 13.3. The summed E-state index contributed by atoms with van der Waals surface area (Å²) in [7, 11) is 0. The van der Waals surface area contributed by atoms with E-state index >= 15 is 0 Å². The number of aliphatic hydroxyl groups is 1. The van der Waals surface area contributed by atoms with E-state index in [9.17, 15) is 9.90 Å². The van der Waals surface area contributed by atoms with Crippen LogP contribution in [0.3, 0.4) is 0 Å². The Morgan fingerprint density at radius 1 is 1.38 bits per heavy atom. The Morgan fingerprint density at radius 2 is 2.17 bits per heavy atom. The molecule has 8 heteroatoms. The van der Waals surface area contributed by atoms with E-state index in [-0.39, 0.29) is 24.8 Å². The first kappa shape index (κ1) is 16.2. The van der Waals surface area contributed by atoms with Crippen LogP contribution in [0, 0.1) is 0 Å². The van der Waals surface area contributed by atoms with Gasteiger partial charge in [0.05, 0.1) is 0 Å². The molecule has 0 aliphatic rings. The highest BCUT2D eigenvalue weighted by molar-refractivity contribution is 6.30. The van der Waals surface area contributed by atoms with Gasteiger partial charge in [-0.25, -0.2) is 9.50 Å². The molecule has 1 aromatic carbocycles. The molecule has 2 heterocycles. The molecule has 2 aromatic heterocycles. The van der Waals surface area contributed by atoms with Crippen molar-refractivity contribution in [1.82, 2.24) is 19.9 Å². The lowest BCUT2D eigenvalue weighted by Crippen LogP contribution is -2.35. The Morgan fingerprint density at radius 3 is 2.92 bits per heavy atom. The Labute approximate surface area is 142 Å². The van der Waals surface area contributed by atoms with Crippen molar-refractivity contribution in [3.63, 3.8) is 0 Å². The highest BCUT2D eigenvalue weighted by Crippen LogP contribution is 2.15. The van der Waals surface area contributed by atoms with Gasteiger partial charge in [-0.15, -0.1) is 0 Å². The number of carbonyl (C=O) groups is 1. The summed E-state index contributed by atoms with van der Waals surface area (Å²) in [6.07, 6.45) is 2.48. The average molecular weight is 347 g/mol. The largest absolute Gasteiger partial charge is 0.491 e. The SMILES string of the molecule is O=C(NC[C@@H](O)COc1ccc(Cl)cc1)c1cc2ncccn2n1. The minimum Gasteiger partial charge on any atom is -0.491 e. The molecule has 0 aliphatic carbocycles. The maximum atomic E-state index is 12.0. The van der Waals surface area contributed by atoms with Crippen LogP contribution >= 0.6 is 11.6 Å². The van der Waals surface area contributed by atoms with Gasteiger partial charge in [-0.1, -0.05) is 11.6 Å². The molecule has 3 aromatic rings. The van der Waals surface area contributed by atoms with E-state index < -0.39 is 6.10 Å². The molecule has 0 saturated heterocycles. The summed E-state index contributed by atoms with van der Waals surface area (Å²) in [6, 6.07) is 10.1. The highest BCUT2D eigenvalue weighted by Gasteiger charge is 2.13. The quantitative estimate of drug-likeness (QED) is 0.707. The van der Waals surface area contributed by atoms with E-state index in [2.05, 4.69) is 15.4 Å². The predicted octanol–water partition coefficient (Wildman–Crippen LogP) is 1.55. The molecule has 0 spiro atoms. The molecule has 7 nitrogen and oxygen atoms in total. The standard InChI is InChI=1S/C16H15ClN4O3/c17-11-2-4-13(5-3-11)24-10-12(22)9-19-16(23)14-8-15-18-6-1-7-21(15)20-14/h1-8,12,22H,9-10H2,(H,19,23)/t12-/m1/s1. The third kappa shape index (κ3) is 4.01. The van der Waals surface area contributed by atoms with Gasteiger partial charge < -0.3 is 15.2 Å². The van der Waals surface area contributed by atoms with Crippen LogP contribution < -0.4 is 10.1 Å². The van der Waals surface area contributed by atoms with Gasteiger partial charge in [0.2, 0.25) is 0 Å². The summed E-state index contributed by atoms with van der Waals surface area (Å²) in [5, 5.41) is 17.2. The summed E-state index contributed by atoms with van der Waals surface area (Å²) in [6.45, 7) is 0.0996. The van der Waals surface area contributed by atoms with Crippen LogP contribution in [0.2, 0.25) is 5.02 Å².